The van der Waals surface area contributed by atoms with E-state index in [2.05, 4.69) is 36.5 Å². The summed E-state index contributed by atoms with van der Waals surface area (Å²) in [5.74, 6) is -0.211. The zero-order chi connectivity index (χ0) is 13.0. The minimum absolute atomic E-state index is 0.0777. The summed E-state index contributed by atoms with van der Waals surface area (Å²) in [6, 6.07) is 3.49. The number of carbonyl (C=O) groups is 1. The summed E-state index contributed by atoms with van der Waals surface area (Å²) in [7, 11) is 0. The number of nitrogens with one attached hydrogen (secondary N) is 1. The molecule has 8 heteroatoms. The Labute approximate surface area is 112 Å². The lowest BCUT2D eigenvalue weighted by Gasteiger charge is -2.05. The third-order valence-corrected chi connectivity index (χ3v) is 2.77. The van der Waals surface area contributed by atoms with Crippen LogP contribution in [0.5, 0.6) is 0 Å². The maximum atomic E-state index is 11.8. The molecule has 3 N–H and O–H groups in total. The predicted octanol–water partition coefficient (Wildman–Crippen LogP) is 0.533. The maximum Gasteiger partial charge on any atom is 0.246 e. The van der Waals surface area contributed by atoms with Crippen molar-refractivity contribution in [3.05, 3.63) is 34.8 Å². The van der Waals surface area contributed by atoms with Crippen molar-refractivity contribution in [3.8, 4) is 0 Å². The Bertz CT molecular complexity index is 555. The van der Waals surface area contributed by atoms with E-state index in [1.54, 1.807) is 24.5 Å². The van der Waals surface area contributed by atoms with Crippen molar-refractivity contribution in [2.24, 2.45) is 5.73 Å². The maximum absolute atomic E-state index is 11.8. The van der Waals surface area contributed by atoms with Crippen LogP contribution in [0.2, 0.25) is 0 Å². The average Bonchev–Trinajstić information content (AvgIpc) is 2.80. The van der Waals surface area contributed by atoms with E-state index in [-0.39, 0.29) is 12.5 Å². The molecule has 18 heavy (non-hydrogen) atoms. The van der Waals surface area contributed by atoms with E-state index < -0.39 is 0 Å². The molecule has 0 aliphatic rings. The fourth-order valence-corrected chi connectivity index (χ4v) is 1.67. The van der Waals surface area contributed by atoms with Gasteiger partial charge in [0.1, 0.15) is 11.1 Å². The molecule has 0 fully saturated rings. The van der Waals surface area contributed by atoms with Crippen LogP contribution >= 0.6 is 15.9 Å². The molecule has 0 aromatic carbocycles. The highest BCUT2D eigenvalue weighted by Crippen LogP contribution is 2.17. The number of halogens is 1. The lowest BCUT2D eigenvalue weighted by molar-refractivity contribution is -0.116. The first-order valence-corrected chi connectivity index (χ1v) is 5.98. The molecule has 94 valence electrons. The van der Waals surface area contributed by atoms with Crippen LogP contribution in [0.25, 0.3) is 0 Å². The van der Waals surface area contributed by atoms with E-state index in [0.29, 0.717) is 22.5 Å². The summed E-state index contributed by atoms with van der Waals surface area (Å²) < 4.78 is 2.02. The van der Waals surface area contributed by atoms with Crippen LogP contribution in [-0.4, -0.2) is 25.9 Å². The normalized spacial score (nSPS) is 10.3. The number of aromatic nitrogens is 4. The highest BCUT2D eigenvalue weighted by molar-refractivity contribution is 9.10. The number of rotatable bonds is 4. The SMILES string of the molecule is NCc1cn(CC(=O)Nc2cccnc2Br)nn1. The van der Waals surface area contributed by atoms with Gasteiger partial charge in [0.05, 0.1) is 17.6 Å². The second-order valence-electron chi connectivity index (χ2n) is 3.50. The zero-order valence-corrected chi connectivity index (χ0v) is 11.0. The van der Waals surface area contributed by atoms with E-state index >= 15 is 0 Å². The monoisotopic (exact) mass is 310 g/mol. The summed E-state index contributed by atoms with van der Waals surface area (Å²) in [5, 5.41) is 10.3. The van der Waals surface area contributed by atoms with E-state index in [1.165, 1.54) is 4.68 Å². The summed E-state index contributed by atoms with van der Waals surface area (Å²) in [4.78, 5) is 15.8. The topological polar surface area (TPSA) is 98.7 Å². The van der Waals surface area contributed by atoms with Gasteiger partial charge in [-0.05, 0) is 28.1 Å². The minimum Gasteiger partial charge on any atom is -0.325 e. The molecule has 2 rings (SSSR count). The predicted molar refractivity (Wildman–Crippen MR) is 68.5 cm³/mol. The van der Waals surface area contributed by atoms with Crippen LogP contribution < -0.4 is 11.1 Å². The van der Waals surface area contributed by atoms with Crippen molar-refractivity contribution in [1.82, 2.24) is 20.0 Å². The Morgan fingerprint density at radius 3 is 3.06 bits per heavy atom. The fourth-order valence-electron chi connectivity index (χ4n) is 1.33. The molecule has 1 amide bonds. The average molecular weight is 311 g/mol. The van der Waals surface area contributed by atoms with Gasteiger partial charge in [-0.1, -0.05) is 5.21 Å². The Hall–Kier alpha value is -1.80. The van der Waals surface area contributed by atoms with Gasteiger partial charge < -0.3 is 11.1 Å². The molecule has 0 saturated heterocycles. The molecule has 2 aromatic heterocycles. The number of hydrogen-bond donors (Lipinski definition) is 2. The number of carbonyl (C=O) groups excluding carboxylic acids is 1. The summed E-state index contributed by atoms with van der Waals surface area (Å²) in [5.41, 5.74) is 6.66. The smallest absolute Gasteiger partial charge is 0.246 e. The first-order chi connectivity index (χ1) is 8.69. The van der Waals surface area contributed by atoms with Gasteiger partial charge in [-0.3, -0.25) is 4.79 Å². The van der Waals surface area contributed by atoms with Crippen LogP contribution in [0.3, 0.4) is 0 Å². The van der Waals surface area contributed by atoms with Crippen molar-refractivity contribution in [2.75, 3.05) is 5.32 Å². The molecule has 2 aromatic rings. The van der Waals surface area contributed by atoms with Gasteiger partial charge in [0.25, 0.3) is 0 Å². The summed E-state index contributed by atoms with van der Waals surface area (Å²) >= 11 is 3.25. The van der Waals surface area contributed by atoms with Gasteiger partial charge in [0, 0.05) is 12.7 Å². The molecule has 0 spiro atoms. The Kier molecular flexibility index (Phi) is 4.00. The molecule has 0 atom stereocenters. The van der Waals surface area contributed by atoms with Crippen molar-refractivity contribution >= 4 is 27.5 Å². The molecular formula is C10H11BrN6O. The van der Waals surface area contributed by atoms with Crippen LogP contribution in [0.1, 0.15) is 5.69 Å². The number of amides is 1. The molecule has 0 bridgehead atoms. The first-order valence-electron chi connectivity index (χ1n) is 5.18. The third-order valence-electron chi connectivity index (χ3n) is 2.13. The highest BCUT2D eigenvalue weighted by atomic mass is 79.9. The molecule has 0 aliphatic heterocycles. The molecule has 7 nitrogen and oxygen atoms in total. The number of nitrogens with zero attached hydrogens (tertiary/aromatic N) is 4. The van der Waals surface area contributed by atoms with Crippen LogP contribution in [0.4, 0.5) is 5.69 Å². The second kappa shape index (κ2) is 5.69. The van der Waals surface area contributed by atoms with Gasteiger partial charge >= 0.3 is 0 Å². The van der Waals surface area contributed by atoms with E-state index in [9.17, 15) is 4.79 Å². The molecule has 0 aliphatic carbocycles. The molecule has 0 saturated carbocycles. The second-order valence-corrected chi connectivity index (χ2v) is 4.25. The molecule has 2 heterocycles. The number of hydrogen-bond acceptors (Lipinski definition) is 5. The van der Waals surface area contributed by atoms with Gasteiger partial charge in [-0.2, -0.15) is 0 Å². The third kappa shape index (κ3) is 3.11. The van der Waals surface area contributed by atoms with Crippen LogP contribution in [0.15, 0.2) is 29.1 Å². The fraction of sp³-hybridized carbons (Fsp3) is 0.200. The first kappa shape index (κ1) is 12.7. The van der Waals surface area contributed by atoms with Crippen molar-refractivity contribution in [3.63, 3.8) is 0 Å². The standard InChI is InChI=1S/C10H11BrN6O/c11-10-8(2-1-3-13-10)14-9(18)6-17-5-7(4-12)15-16-17/h1-3,5H,4,6,12H2,(H,14,18). The van der Waals surface area contributed by atoms with E-state index in [4.69, 9.17) is 5.73 Å². The van der Waals surface area contributed by atoms with Gasteiger partial charge in [-0.25, -0.2) is 9.67 Å². The number of anilines is 1. The Morgan fingerprint density at radius 2 is 2.39 bits per heavy atom. The zero-order valence-electron chi connectivity index (χ0n) is 9.38. The van der Waals surface area contributed by atoms with Crippen molar-refractivity contribution in [2.45, 2.75) is 13.1 Å². The lowest BCUT2D eigenvalue weighted by Crippen LogP contribution is -2.19. The molecular weight excluding hydrogens is 300 g/mol. The highest BCUT2D eigenvalue weighted by Gasteiger charge is 2.08. The van der Waals surface area contributed by atoms with Crippen LogP contribution in [0, 0.1) is 0 Å². The van der Waals surface area contributed by atoms with Gasteiger partial charge in [-0.15, -0.1) is 5.10 Å². The minimum atomic E-state index is -0.211. The van der Waals surface area contributed by atoms with E-state index in [0.717, 1.165) is 0 Å². The summed E-state index contributed by atoms with van der Waals surface area (Å²) in [6.45, 7) is 0.379. The molecule has 0 radical (unpaired) electrons. The molecule has 0 unspecified atom stereocenters. The Balaban J connectivity index is 1.99. The van der Waals surface area contributed by atoms with Crippen molar-refractivity contribution in [1.29, 1.82) is 0 Å². The lowest BCUT2D eigenvalue weighted by atomic mass is 10.4. The van der Waals surface area contributed by atoms with Crippen LogP contribution in [-0.2, 0) is 17.9 Å². The van der Waals surface area contributed by atoms with Gasteiger partial charge in [0.2, 0.25) is 5.91 Å². The quantitative estimate of drug-likeness (QED) is 0.803. The number of nitrogens with two attached hydrogens (primary N) is 1. The Morgan fingerprint density at radius 1 is 1.56 bits per heavy atom. The van der Waals surface area contributed by atoms with Crippen molar-refractivity contribution < 1.29 is 4.79 Å². The van der Waals surface area contributed by atoms with Gasteiger partial charge in [0.15, 0.2) is 0 Å². The number of pyridine rings is 1. The largest absolute Gasteiger partial charge is 0.325 e. The summed E-state index contributed by atoms with van der Waals surface area (Å²) in [6.07, 6.45) is 3.27. The van der Waals surface area contributed by atoms with E-state index in [1.807, 2.05) is 0 Å².